The van der Waals surface area contributed by atoms with Crippen LogP contribution in [0.5, 0.6) is 0 Å². The Labute approximate surface area is 340 Å². The standard InChI is InChI=1S/C37H55N11O9S/c1-16(2)12-24-34(55)44-22(8-9-27(38)49)33(54)42-19(6)31(52)45-23(29(39)50)13-21-10-11-40-25(14-21)37-47-26(15-58-37)35(56)43-18(5)30(51)41-20(7)32(53)48-28(17(3)4)36(57)46-24/h10-11,14,16-20,22-24,26,28H,8-9,12-13,15H2,1-7H3,(H2,38,49)(H2,39,50)(H,41,51)(H,42,54)(H,43,56)(H,44,55)(H,45,52)(H,46,57)(H,48,53)/t18-,19-,20-,22-,23-,24-,26-,28-/m0/s1. The van der Waals surface area contributed by atoms with Gasteiger partial charge in [0.1, 0.15) is 53.4 Å². The second-order valence-corrected chi connectivity index (χ2v) is 16.2. The number of carbonyl (C=O) groups is 9. The fourth-order valence-corrected chi connectivity index (χ4v) is 6.89. The summed E-state index contributed by atoms with van der Waals surface area (Å²) < 4.78 is 0. The van der Waals surface area contributed by atoms with E-state index in [0.717, 1.165) is 0 Å². The van der Waals surface area contributed by atoms with Gasteiger partial charge in [-0.15, -0.1) is 11.8 Å². The Hall–Kier alpha value is -5.60. The lowest BCUT2D eigenvalue weighted by Crippen LogP contribution is -2.60. The van der Waals surface area contributed by atoms with Gasteiger partial charge in [0.25, 0.3) is 0 Å². The van der Waals surface area contributed by atoms with Crippen LogP contribution in [0.1, 0.15) is 79.0 Å². The van der Waals surface area contributed by atoms with E-state index in [1.54, 1.807) is 39.8 Å². The van der Waals surface area contributed by atoms with Crippen LogP contribution in [0.25, 0.3) is 0 Å². The van der Waals surface area contributed by atoms with Crippen molar-refractivity contribution in [1.29, 1.82) is 0 Å². The molecule has 0 saturated heterocycles. The molecule has 0 radical (unpaired) electrons. The molecule has 1 aromatic heterocycles. The molecule has 3 rings (SSSR count). The number of hydrogen-bond donors (Lipinski definition) is 9. The molecule has 2 aliphatic heterocycles. The molecule has 0 aliphatic carbocycles. The maximum absolute atomic E-state index is 13.7. The second kappa shape index (κ2) is 21.2. The number of primary amides is 2. The molecule has 0 fully saturated rings. The quantitative estimate of drug-likeness (QED) is 0.137. The molecule has 21 heteroatoms. The number of nitrogens with zero attached hydrogens (tertiary/aromatic N) is 2. The maximum Gasteiger partial charge on any atom is 0.246 e. The molecule has 318 valence electrons. The molecule has 0 spiro atoms. The number of pyridine rings is 1. The van der Waals surface area contributed by atoms with Gasteiger partial charge in [-0.25, -0.2) is 0 Å². The van der Waals surface area contributed by atoms with Gasteiger partial charge in [-0.3, -0.25) is 53.1 Å². The highest BCUT2D eigenvalue weighted by Gasteiger charge is 2.34. The van der Waals surface area contributed by atoms with E-state index in [1.807, 2.05) is 0 Å². The molecule has 0 unspecified atom stereocenters. The number of fused-ring (bicyclic) bond motifs is 4. The highest BCUT2D eigenvalue weighted by atomic mass is 32.2. The lowest BCUT2D eigenvalue weighted by atomic mass is 9.99. The summed E-state index contributed by atoms with van der Waals surface area (Å²) in [5, 5.41) is 18.4. The summed E-state index contributed by atoms with van der Waals surface area (Å²) in [4.78, 5) is 127. The zero-order valence-electron chi connectivity index (χ0n) is 33.7. The summed E-state index contributed by atoms with van der Waals surface area (Å²) in [6, 6.07) is -6.11. The lowest BCUT2D eigenvalue weighted by molar-refractivity contribution is -0.136. The summed E-state index contributed by atoms with van der Waals surface area (Å²) in [7, 11) is 0. The van der Waals surface area contributed by atoms with Crippen LogP contribution >= 0.6 is 11.8 Å². The summed E-state index contributed by atoms with van der Waals surface area (Å²) in [5.74, 6) is -7.09. The molecule has 58 heavy (non-hydrogen) atoms. The molecule has 0 saturated carbocycles. The first-order valence-corrected chi connectivity index (χ1v) is 20.0. The fourth-order valence-electron chi connectivity index (χ4n) is 5.89. The van der Waals surface area contributed by atoms with E-state index >= 15 is 0 Å². The first kappa shape index (κ1) is 46.8. The highest BCUT2D eigenvalue weighted by molar-refractivity contribution is 8.14. The minimum absolute atomic E-state index is 0.0693. The van der Waals surface area contributed by atoms with Crippen molar-refractivity contribution in [3.8, 4) is 0 Å². The Morgan fingerprint density at radius 3 is 1.88 bits per heavy atom. The van der Waals surface area contributed by atoms with Gasteiger partial charge in [0.2, 0.25) is 53.2 Å². The molecular weight excluding hydrogens is 775 g/mol. The molecule has 2 aliphatic rings. The minimum Gasteiger partial charge on any atom is -0.370 e. The Morgan fingerprint density at radius 2 is 1.29 bits per heavy atom. The SMILES string of the molecule is CC(C)C[C@@H]1NC(=O)[C@H](C(C)C)NC(=O)[C@H](C)NC(=O)[C@H](C)NC(=O)[C@@H]2CSC(=N2)c2cc(ccn2)C[C@@H](C(N)=O)NC(=O)[C@H](C)NC(=O)[C@H](CCC(N)=O)NC1=O. The minimum atomic E-state index is -1.39. The number of aromatic nitrogens is 1. The number of rotatable bonds is 7. The van der Waals surface area contributed by atoms with Crippen molar-refractivity contribution >= 4 is 70.0 Å². The lowest BCUT2D eigenvalue weighted by Gasteiger charge is -2.28. The van der Waals surface area contributed by atoms with E-state index in [2.05, 4.69) is 47.2 Å². The molecule has 9 amide bonds. The molecule has 1 aromatic rings. The number of amides is 9. The van der Waals surface area contributed by atoms with Crippen molar-refractivity contribution < 1.29 is 43.2 Å². The van der Waals surface area contributed by atoms with Crippen molar-refractivity contribution in [2.24, 2.45) is 28.3 Å². The summed E-state index contributed by atoms with van der Waals surface area (Å²) in [5.41, 5.74) is 11.9. The monoisotopic (exact) mass is 829 g/mol. The number of hydrogen-bond acceptors (Lipinski definition) is 12. The van der Waals surface area contributed by atoms with Crippen molar-refractivity contribution in [3.05, 3.63) is 29.6 Å². The number of carbonyl (C=O) groups excluding carboxylic acids is 9. The van der Waals surface area contributed by atoms with Gasteiger partial charge in [0.05, 0.1) is 5.69 Å². The largest absolute Gasteiger partial charge is 0.370 e. The molecule has 20 nitrogen and oxygen atoms in total. The number of nitrogens with one attached hydrogen (secondary N) is 7. The van der Waals surface area contributed by atoms with Crippen LogP contribution in [-0.4, -0.2) is 117 Å². The van der Waals surface area contributed by atoms with Gasteiger partial charge < -0.3 is 48.7 Å². The Balaban J connectivity index is 1.99. The molecular formula is C37H55N11O9S. The maximum atomic E-state index is 13.7. The third-order valence-electron chi connectivity index (χ3n) is 9.25. The average Bonchev–Trinajstić information content (AvgIpc) is 3.64. The van der Waals surface area contributed by atoms with E-state index in [4.69, 9.17) is 11.5 Å². The van der Waals surface area contributed by atoms with Crippen molar-refractivity contribution in [2.75, 3.05) is 5.75 Å². The van der Waals surface area contributed by atoms with Crippen LogP contribution in [0, 0.1) is 11.8 Å². The molecule has 8 atom stereocenters. The fraction of sp³-hybridized carbons (Fsp3) is 0.595. The topological polar surface area (TPSA) is 315 Å². The van der Waals surface area contributed by atoms with Crippen LogP contribution in [-0.2, 0) is 49.6 Å². The Bertz CT molecular complexity index is 1790. The third-order valence-corrected chi connectivity index (χ3v) is 10.3. The highest BCUT2D eigenvalue weighted by Crippen LogP contribution is 2.23. The number of nitrogens with two attached hydrogens (primary N) is 2. The summed E-state index contributed by atoms with van der Waals surface area (Å²) >= 11 is 1.25. The predicted octanol–water partition coefficient (Wildman–Crippen LogP) is -2.59. The van der Waals surface area contributed by atoms with Gasteiger partial charge in [0, 0.05) is 24.8 Å². The average molecular weight is 830 g/mol. The van der Waals surface area contributed by atoms with Crippen LogP contribution in [0.15, 0.2) is 23.3 Å². The first-order chi connectivity index (χ1) is 27.2. The second-order valence-electron chi connectivity index (χ2n) is 15.2. The smallest absolute Gasteiger partial charge is 0.246 e. The third kappa shape index (κ3) is 13.8. The number of aliphatic imine (C=N–C) groups is 1. The zero-order valence-corrected chi connectivity index (χ0v) is 34.5. The van der Waals surface area contributed by atoms with Crippen LogP contribution in [0.4, 0.5) is 0 Å². The molecule has 11 N–H and O–H groups in total. The Morgan fingerprint density at radius 1 is 0.741 bits per heavy atom. The van der Waals surface area contributed by atoms with Gasteiger partial charge >= 0.3 is 0 Å². The van der Waals surface area contributed by atoms with E-state index in [9.17, 15) is 43.2 Å². The molecule has 4 bridgehead atoms. The summed E-state index contributed by atoms with van der Waals surface area (Å²) in [6.45, 7) is 11.1. The van der Waals surface area contributed by atoms with Crippen LogP contribution in [0.3, 0.4) is 0 Å². The van der Waals surface area contributed by atoms with Crippen LogP contribution in [0.2, 0.25) is 0 Å². The van der Waals surface area contributed by atoms with Gasteiger partial charge in [0.15, 0.2) is 0 Å². The molecule has 0 aromatic carbocycles. The van der Waals surface area contributed by atoms with Crippen molar-refractivity contribution in [2.45, 2.75) is 122 Å². The van der Waals surface area contributed by atoms with Gasteiger partial charge in [-0.2, -0.15) is 0 Å². The predicted molar refractivity (Wildman–Crippen MR) is 213 cm³/mol. The Kier molecular flexibility index (Phi) is 17.1. The van der Waals surface area contributed by atoms with E-state index < -0.39 is 107 Å². The van der Waals surface area contributed by atoms with Crippen LogP contribution < -0.4 is 48.7 Å². The number of thioether (sulfide) groups is 1. The van der Waals surface area contributed by atoms with Crippen molar-refractivity contribution in [3.63, 3.8) is 0 Å². The summed E-state index contributed by atoms with van der Waals surface area (Å²) in [6.07, 6.45) is 0.937. The normalized spacial score (nSPS) is 27.4. The zero-order chi connectivity index (χ0) is 43.4. The van der Waals surface area contributed by atoms with E-state index in [1.165, 1.54) is 38.7 Å². The van der Waals surface area contributed by atoms with Crippen molar-refractivity contribution in [1.82, 2.24) is 42.2 Å². The first-order valence-electron chi connectivity index (χ1n) is 19.0. The van der Waals surface area contributed by atoms with E-state index in [-0.39, 0.29) is 37.4 Å². The van der Waals surface area contributed by atoms with Gasteiger partial charge in [-0.05, 0) is 63.1 Å². The molecule has 3 heterocycles. The van der Waals surface area contributed by atoms with Gasteiger partial charge in [-0.1, -0.05) is 27.7 Å². The van der Waals surface area contributed by atoms with E-state index in [0.29, 0.717) is 16.3 Å².